The second-order valence-corrected chi connectivity index (χ2v) is 4.17. The van der Waals surface area contributed by atoms with E-state index in [1.165, 1.54) is 5.69 Å². The third kappa shape index (κ3) is 6.31. The molecule has 0 saturated heterocycles. The van der Waals surface area contributed by atoms with Gasteiger partial charge in [-0.3, -0.25) is 0 Å². The Bertz CT molecular complexity index is 232. The Balaban J connectivity index is 1.85. The Morgan fingerprint density at radius 2 is 2.27 bits per heavy atom. The van der Waals surface area contributed by atoms with Gasteiger partial charge in [0, 0.05) is 31.6 Å². The molecule has 1 heterocycles. The standard InChI is InChI=1S/C12H22N2O/c1-11(2)5-8-15-9-7-13-10-12-4-3-6-14-12/h3-4,6,11,13-14H,5,7-10H2,1-2H3. The van der Waals surface area contributed by atoms with E-state index in [-0.39, 0.29) is 0 Å². The van der Waals surface area contributed by atoms with Crippen LogP contribution in [0.2, 0.25) is 0 Å². The first-order valence-electron chi connectivity index (χ1n) is 5.69. The van der Waals surface area contributed by atoms with Crippen molar-refractivity contribution < 1.29 is 4.74 Å². The largest absolute Gasteiger partial charge is 0.380 e. The molecule has 1 rings (SSSR count). The van der Waals surface area contributed by atoms with Gasteiger partial charge < -0.3 is 15.0 Å². The Hall–Kier alpha value is -0.800. The van der Waals surface area contributed by atoms with Crippen molar-refractivity contribution in [2.24, 2.45) is 5.92 Å². The molecule has 0 aromatic carbocycles. The molecule has 86 valence electrons. The molecular weight excluding hydrogens is 188 g/mol. The highest BCUT2D eigenvalue weighted by atomic mass is 16.5. The highest BCUT2D eigenvalue weighted by Gasteiger charge is 1.94. The number of hydrogen-bond donors (Lipinski definition) is 2. The smallest absolute Gasteiger partial charge is 0.0591 e. The molecular formula is C12H22N2O. The summed E-state index contributed by atoms with van der Waals surface area (Å²) in [6.45, 7) is 7.91. The summed E-state index contributed by atoms with van der Waals surface area (Å²) in [6.07, 6.45) is 3.09. The second-order valence-electron chi connectivity index (χ2n) is 4.17. The molecule has 0 amide bonds. The van der Waals surface area contributed by atoms with Crippen LogP contribution < -0.4 is 5.32 Å². The zero-order chi connectivity index (χ0) is 10.9. The minimum atomic E-state index is 0.733. The molecule has 0 bridgehead atoms. The van der Waals surface area contributed by atoms with Crippen LogP contribution in [0.5, 0.6) is 0 Å². The normalized spacial score (nSPS) is 11.1. The molecule has 0 aliphatic rings. The molecule has 15 heavy (non-hydrogen) atoms. The lowest BCUT2D eigenvalue weighted by atomic mass is 10.1. The summed E-state index contributed by atoms with van der Waals surface area (Å²) >= 11 is 0. The maximum Gasteiger partial charge on any atom is 0.0591 e. The van der Waals surface area contributed by atoms with E-state index in [9.17, 15) is 0 Å². The number of hydrogen-bond acceptors (Lipinski definition) is 2. The number of H-pyrrole nitrogens is 1. The van der Waals surface area contributed by atoms with Crippen LogP contribution in [0.3, 0.4) is 0 Å². The lowest BCUT2D eigenvalue weighted by Crippen LogP contribution is -2.19. The van der Waals surface area contributed by atoms with E-state index in [4.69, 9.17) is 4.74 Å². The van der Waals surface area contributed by atoms with Crippen molar-refractivity contribution in [1.82, 2.24) is 10.3 Å². The molecule has 0 saturated carbocycles. The molecule has 3 heteroatoms. The van der Waals surface area contributed by atoms with Crippen LogP contribution in [0.25, 0.3) is 0 Å². The van der Waals surface area contributed by atoms with Crippen LogP contribution in [-0.4, -0.2) is 24.7 Å². The molecule has 3 nitrogen and oxygen atoms in total. The quantitative estimate of drug-likeness (QED) is 0.645. The fourth-order valence-corrected chi connectivity index (χ4v) is 1.27. The van der Waals surface area contributed by atoms with E-state index < -0.39 is 0 Å². The predicted octanol–water partition coefficient (Wildman–Crippen LogP) is 2.17. The fourth-order valence-electron chi connectivity index (χ4n) is 1.27. The fraction of sp³-hybridized carbons (Fsp3) is 0.667. The molecule has 2 N–H and O–H groups in total. The van der Waals surface area contributed by atoms with E-state index in [1.807, 2.05) is 12.3 Å². The van der Waals surface area contributed by atoms with Gasteiger partial charge in [-0.1, -0.05) is 13.8 Å². The summed E-state index contributed by atoms with van der Waals surface area (Å²) in [7, 11) is 0. The van der Waals surface area contributed by atoms with Crippen LogP contribution in [0, 0.1) is 5.92 Å². The summed E-state index contributed by atoms with van der Waals surface area (Å²) in [5.74, 6) is 0.733. The summed E-state index contributed by atoms with van der Waals surface area (Å²) < 4.78 is 5.49. The maximum absolute atomic E-state index is 5.49. The minimum Gasteiger partial charge on any atom is -0.380 e. The third-order valence-electron chi connectivity index (χ3n) is 2.24. The summed E-state index contributed by atoms with van der Waals surface area (Å²) in [5.41, 5.74) is 1.22. The van der Waals surface area contributed by atoms with Gasteiger partial charge in [-0.25, -0.2) is 0 Å². The van der Waals surface area contributed by atoms with Gasteiger partial charge in [-0.15, -0.1) is 0 Å². The third-order valence-corrected chi connectivity index (χ3v) is 2.24. The molecule has 0 spiro atoms. The van der Waals surface area contributed by atoms with E-state index in [2.05, 4.69) is 30.2 Å². The molecule has 0 fully saturated rings. The Morgan fingerprint density at radius 1 is 1.40 bits per heavy atom. The average Bonchev–Trinajstić information content (AvgIpc) is 2.68. The Morgan fingerprint density at radius 3 is 2.93 bits per heavy atom. The number of aromatic nitrogens is 1. The highest BCUT2D eigenvalue weighted by molar-refractivity contribution is 5.02. The van der Waals surface area contributed by atoms with Crippen LogP contribution in [0.15, 0.2) is 18.3 Å². The van der Waals surface area contributed by atoms with Crippen LogP contribution in [-0.2, 0) is 11.3 Å². The van der Waals surface area contributed by atoms with Crippen molar-refractivity contribution in [1.29, 1.82) is 0 Å². The second kappa shape index (κ2) is 7.49. The molecule has 1 aromatic rings. The zero-order valence-electron chi connectivity index (χ0n) is 9.75. The van der Waals surface area contributed by atoms with Crippen LogP contribution >= 0.6 is 0 Å². The number of aromatic amines is 1. The first-order chi connectivity index (χ1) is 7.29. The maximum atomic E-state index is 5.49. The zero-order valence-corrected chi connectivity index (χ0v) is 9.75. The van der Waals surface area contributed by atoms with Crippen molar-refractivity contribution in [2.45, 2.75) is 26.8 Å². The van der Waals surface area contributed by atoms with Crippen molar-refractivity contribution >= 4 is 0 Å². The monoisotopic (exact) mass is 210 g/mol. The van der Waals surface area contributed by atoms with E-state index in [0.29, 0.717) is 0 Å². The predicted molar refractivity (Wildman–Crippen MR) is 62.8 cm³/mol. The number of ether oxygens (including phenoxy) is 1. The Kier molecular flexibility index (Phi) is 6.12. The first-order valence-corrected chi connectivity index (χ1v) is 5.69. The van der Waals surface area contributed by atoms with Gasteiger partial charge in [-0.2, -0.15) is 0 Å². The van der Waals surface area contributed by atoms with Gasteiger partial charge in [0.15, 0.2) is 0 Å². The van der Waals surface area contributed by atoms with Crippen molar-refractivity contribution in [3.8, 4) is 0 Å². The van der Waals surface area contributed by atoms with Gasteiger partial charge in [0.1, 0.15) is 0 Å². The summed E-state index contributed by atoms with van der Waals surface area (Å²) in [4.78, 5) is 3.15. The summed E-state index contributed by atoms with van der Waals surface area (Å²) in [5, 5.41) is 3.32. The highest BCUT2D eigenvalue weighted by Crippen LogP contribution is 1.98. The van der Waals surface area contributed by atoms with Crippen molar-refractivity contribution in [2.75, 3.05) is 19.8 Å². The molecule has 0 radical (unpaired) electrons. The Labute approximate surface area is 92.2 Å². The van der Waals surface area contributed by atoms with Crippen molar-refractivity contribution in [3.05, 3.63) is 24.0 Å². The van der Waals surface area contributed by atoms with Gasteiger partial charge in [0.25, 0.3) is 0 Å². The van der Waals surface area contributed by atoms with Gasteiger partial charge in [0.2, 0.25) is 0 Å². The number of rotatable bonds is 8. The minimum absolute atomic E-state index is 0.733. The van der Waals surface area contributed by atoms with Crippen molar-refractivity contribution in [3.63, 3.8) is 0 Å². The lowest BCUT2D eigenvalue weighted by Gasteiger charge is -2.07. The topological polar surface area (TPSA) is 37.0 Å². The van der Waals surface area contributed by atoms with Crippen LogP contribution in [0.4, 0.5) is 0 Å². The molecule has 0 atom stereocenters. The SMILES string of the molecule is CC(C)CCOCCNCc1ccc[nH]1. The van der Waals surface area contributed by atoms with Crippen LogP contribution in [0.1, 0.15) is 26.0 Å². The molecule has 0 unspecified atom stereocenters. The van der Waals surface area contributed by atoms with E-state index in [1.54, 1.807) is 0 Å². The average molecular weight is 210 g/mol. The van der Waals surface area contributed by atoms with Gasteiger partial charge in [0.05, 0.1) is 6.61 Å². The molecule has 0 aliphatic heterocycles. The van der Waals surface area contributed by atoms with E-state index in [0.717, 1.165) is 38.6 Å². The molecule has 1 aromatic heterocycles. The van der Waals surface area contributed by atoms with Gasteiger partial charge >= 0.3 is 0 Å². The van der Waals surface area contributed by atoms with E-state index >= 15 is 0 Å². The number of nitrogens with one attached hydrogen (secondary N) is 2. The lowest BCUT2D eigenvalue weighted by molar-refractivity contribution is 0.125. The summed E-state index contributed by atoms with van der Waals surface area (Å²) in [6, 6.07) is 4.09. The first kappa shape index (κ1) is 12.3. The molecule has 0 aliphatic carbocycles. The van der Waals surface area contributed by atoms with Gasteiger partial charge in [-0.05, 0) is 24.5 Å².